The van der Waals surface area contributed by atoms with Crippen LogP contribution < -0.4 is 0 Å². The molecular weight excluding hydrogens is 343 g/mol. The van der Waals surface area contributed by atoms with E-state index in [-0.39, 0.29) is 5.97 Å². The molecule has 2 aromatic rings. The molecule has 5 heteroatoms. The van der Waals surface area contributed by atoms with Gasteiger partial charge in [0, 0.05) is 18.0 Å². The molecule has 0 N–H and O–H groups in total. The molecule has 0 saturated heterocycles. The molecule has 0 fully saturated rings. The van der Waals surface area contributed by atoms with Gasteiger partial charge in [0.15, 0.2) is 0 Å². The van der Waals surface area contributed by atoms with Gasteiger partial charge in [-0.25, -0.2) is 4.79 Å². The molecule has 92 valence electrons. The van der Waals surface area contributed by atoms with Gasteiger partial charge in [0.25, 0.3) is 0 Å². The zero-order valence-electron chi connectivity index (χ0n) is 10.0. The van der Waals surface area contributed by atoms with Crippen molar-refractivity contribution in [2.24, 2.45) is 7.05 Å². The van der Waals surface area contributed by atoms with Crippen molar-refractivity contribution in [2.75, 3.05) is 6.61 Å². The highest BCUT2D eigenvalue weighted by atomic mass is 127. The zero-order chi connectivity index (χ0) is 13.3. The van der Waals surface area contributed by atoms with E-state index in [2.05, 4.69) is 28.7 Å². The van der Waals surface area contributed by atoms with Crippen molar-refractivity contribution in [1.82, 2.24) is 4.57 Å². The van der Waals surface area contributed by atoms with E-state index in [1.807, 2.05) is 17.7 Å². The Hall–Kier alpha value is -1.55. The molecule has 0 amide bonds. The van der Waals surface area contributed by atoms with Gasteiger partial charge in [-0.3, -0.25) is 0 Å². The summed E-state index contributed by atoms with van der Waals surface area (Å²) in [5.41, 5.74) is 2.05. The first-order valence-electron chi connectivity index (χ1n) is 5.45. The number of fused-ring (bicyclic) bond motifs is 1. The van der Waals surface area contributed by atoms with Crippen molar-refractivity contribution in [1.29, 1.82) is 5.26 Å². The Labute approximate surface area is 118 Å². The van der Waals surface area contributed by atoms with Crippen LogP contribution in [0.2, 0.25) is 0 Å². The van der Waals surface area contributed by atoms with Crippen molar-refractivity contribution in [2.45, 2.75) is 6.92 Å². The molecule has 2 rings (SSSR count). The lowest BCUT2D eigenvalue weighted by Gasteiger charge is -2.02. The fraction of sp³-hybridized carbons (Fsp3) is 0.231. The van der Waals surface area contributed by atoms with Crippen LogP contribution in [0.4, 0.5) is 0 Å². The average Bonchev–Trinajstić information content (AvgIpc) is 2.61. The highest BCUT2D eigenvalue weighted by Crippen LogP contribution is 2.27. The number of nitriles is 1. The second-order valence-electron chi connectivity index (χ2n) is 3.79. The Bertz CT molecular complexity index is 668. The second kappa shape index (κ2) is 4.98. The smallest absolute Gasteiger partial charge is 0.338 e. The number of rotatable bonds is 2. The van der Waals surface area contributed by atoms with Gasteiger partial charge >= 0.3 is 5.97 Å². The largest absolute Gasteiger partial charge is 0.462 e. The first kappa shape index (κ1) is 12.9. The van der Waals surface area contributed by atoms with Gasteiger partial charge in [0.2, 0.25) is 0 Å². The molecule has 0 aliphatic carbocycles. The molecule has 0 bridgehead atoms. The van der Waals surface area contributed by atoms with Crippen LogP contribution in [0.1, 0.15) is 23.0 Å². The van der Waals surface area contributed by atoms with Gasteiger partial charge in [-0.2, -0.15) is 5.26 Å². The third-order valence-corrected chi connectivity index (χ3v) is 3.85. The SMILES string of the molecule is CCOC(=O)c1ccc2c(c1)c(I)c(C#N)n2C. The fourth-order valence-corrected chi connectivity index (χ4v) is 2.78. The molecule has 0 aliphatic rings. The van der Waals surface area contributed by atoms with Gasteiger partial charge in [0.05, 0.1) is 15.7 Å². The first-order chi connectivity index (χ1) is 8.60. The number of carbonyl (C=O) groups excluding carboxylic acids is 1. The summed E-state index contributed by atoms with van der Waals surface area (Å²) in [7, 11) is 1.84. The van der Waals surface area contributed by atoms with E-state index in [1.54, 1.807) is 19.1 Å². The molecule has 1 aromatic heterocycles. The maximum absolute atomic E-state index is 11.7. The molecule has 18 heavy (non-hydrogen) atoms. The van der Waals surface area contributed by atoms with Crippen LogP contribution in [0.3, 0.4) is 0 Å². The van der Waals surface area contributed by atoms with Crippen molar-refractivity contribution in [3.05, 3.63) is 33.0 Å². The van der Waals surface area contributed by atoms with Crippen LogP contribution in [-0.4, -0.2) is 17.1 Å². The second-order valence-corrected chi connectivity index (χ2v) is 4.86. The Morgan fingerprint density at radius 1 is 1.56 bits per heavy atom. The van der Waals surface area contributed by atoms with Crippen LogP contribution in [0, 0.1) is 14.9 Å². The van der Waals surface area contributed by atoms with Crippen LogP contribution in [0.5, 0.6) is 0 Å². The van der Waals surface area contributed by atoms with Crippen LogP contribution >= 0.6 is 22.6 Å². The third-order valence-electron chi connectivity index (χ3n) is 2.75. The van der Waals surface area contributed by atoms with Gasteiger partial charge < -0.3 is 9.30 Å². The van der Waals surface area contributed by atoms with E-state index in [0.29, 0.717) is 17.9 Å². The number of hydrogen-bond acceptors (Lipinski definition) is 3. The van der Waals surface area contributed by atoms with Crippen LogP contribution in [0.15, 0.2) is 18.2 Å². The number of halogens is 1. The molecule has 4 nitrogen and oxygen atoms in total. The van der Waals surface area contributed by atoms with Crippen molar-refractivity contribution in [3.63, 3.8) is 0 Å². The van der Waals surface area contributed by atoms with E-state index in [0.717, 1.165) is 14.5 Å². The Kier molecular flexibility index (Phi) is 3.57. The molecule has 0 unspecified atom stereocenters. The monoisotopic (exact) mass is 354 g/mol. The third kappa shape index (κ3) is 1.97. The molecule has 1 aromatic carbocycles. The van der Waals surface area contributed by atoms with E-state index >= 15 is 0 Å². The number of nitrogens with zero attached hydrogens (tertiary/aromatic N) is 2. The predicted octanol–water partition coefficient (Wildman–Crippen LogP) is 2.83. The lowest BCUT2D eigenvalue weighted by molar-refractivity contribution is 0.0526. The summed E-state index contributed by atoms with van der Waals surface area (Å²) in [6.07, 6.45) is 0. The van der Waals surface area contributed by atoms with Crippen molar-refractivity contribution in [3.8, 4) is 6.07 Å². The number of aromatic nitrogens is 1. The Morgan fingerprint density at radius 3 is 2.89 bits per heavy atom. The predicted molar refractivity (Wildman–Crippen MR) is 76.3 cm³/mol. The Morgan fingerprint density at radius 2 is 2.28 bits per heavy atom. The normalized spacial score (nSPS) is 10.3. The van der Waals surface area contributed by atoms with Crippen LogP contribution in [0.25, 0.3) is 10.9 Å². The summed E-state index contributed by atoms with van der Waals surface area (Å²) in [5.74, 6) is -0.336. The summed E-state index contributed by atoms with van der Waals surface area (Å²) >= 11 is 2.13. The highest BCUT2D eigenvalue weighted by Gasteiger charge is 2.15. The quantitative estimate of drug-likeness (QED) is 0.616. The molecular formula is C13H11IN2O2. The minimum atomic E-state index is -0.336. The summed E-state index contributed by atoms with van der Waals surface area (Å²) in [5, 5.41) is 10.00. The van der Waals surface area contributed by atoms with E-state index in [9.17, 15) is 4.79 Å². The number of ether oxygens (including phenoxy) is 1. The standard InChI is InChI=1S/C13H11IN2O2/c1-3-18-13(17)8-4-5-10-9(6-8)12(14)11(7-15)16(10)2/h4-6H,3H2,1-2H3. The van der Waals surface area contributed by atoms with E-state index in [4.69, 9.17) is 10.00 Å². The van der Waals surface area contributed by atoms with Crippen LogP contribution in [-0.2, 0) is 11.8 Å². The minimum Gasteiger partial charge on any atom is -0.462 e. The zero-order valence-corrected chi connectivity index (χ0v) is 12.2. The average molecular weight is 354 g/mol. The number of benzene rings is 1. The van der Waals surface area contributed by atoms with E-state index in [1.165, 1.54) is 0 Å². The number of hydrogen-bond donors (Lipinski definition) is 0. The number of carbonyl (C=O) groups is 1. The molecule has 1 heterocycles. The maximum Gasteiger partial charge on any atom is 0.338 e. The highest BCUT2D eigenvalue weighted by molar-refractivity contribution is 14.1. The topological polar surface area (TPSA) is 55.0 Å². The van der Waals surface area contributed by atoms with Gasteiger partial charge in [-0.05, 0) is 47.7 Å². The molecule has 0 aliphatic heterocycles. The lowest BCUT2D eigenvalue weighted by Crippen LogP contribution is -2.04. The number of aryl methyl sites for hydroxylation is 1. The summed E-state index contributed by atoms with van der Waals surface area (Å²) < 4.78 is 7.65. The Balaban J connectivity index is 2.63. The lowest BCUT2D eigenvalue weighted by atomic mass is 10.1. The summed E-state index contributed by atoms with van der Waals surface area (Å²) in [4.78, 5) is 11.7. The van der Waals surface area contributed by atoms with Gasteiger partial charge in [0.1, 0.15) is 11.8 Å². The molecule has 0 radical (unpaired) electrons. The molecule has 0 saturated carbocycles. The van der Waals surface area contributed by atoms with Crippen molar-refractivity contribution >= 4 is 39.5 Å². The maximum atomic E-state index is 11.7. The van der Waals surface area contributed by atoms with Gasteiger partial charge in [-0.15, -0.1) is 0 Å². The fourth-order valence-electron chi connectivity index (χ4n) is 1.87. The molecule has 0 spiro atoms. The molecule has 0 atom stereocenters. The van der Waals surface area contributed by atoms with Crippen molar-refractivity contribution < 1.29 is 9.53 Å². The first-order valence-corrected chi connectivity index (χ1v) is 6.53. The number of esters is 1. The van der Waals surface area contributed by atoms with E-state index < -0.39 is 0 Å². The van der Waals surface area contributed by atoms with Gasteiger partial charge in [-0.1, -0.05) is 0 Å². The summed E-state index contributed by atoms with van der Waals surface area (Å²) in [6.45, 7) is 2.13. The summed E-state index contributed by atoms with van der Waals surface area (Å²) in [6, 6.07) is 7.50. The minimum absolute atomic E-state index is 0.336.